The summed E-state index contributed by atoms with van der Waals surface area (Å²) in [6.45, 7) is 8.25. The molecule has 0 unspecified atom stereocenters. The lowest BCUT2D eigenvalue weighted by molar-refractivity contribution is 0.0118. The highest BCUT2D eigenvalue weighted by Crippen LogP contribution is 2.36. The summed E-state index contributed by atoms with van der Waals surface area (Å²) in [5, 5.41) is 23.3. The van der Waals surface area contributed by atoms with E-state index in [1.54, 1.807) is 4.52 Å². The number of nitrogens with zero attached hydrogens (tertiary/aromatic N) is 5. The maximum absolute atomic E-state index is 11.3. The van der Waals surface area contributed by atoms with Crippen LogP contribution in [0.25, 0.3) is 11.3 Å². The van der Waals surface area contributed by atoms with Crippen molar-refractivity contribution >= 4 is 40.3 Å². The largest absolute Gasteiger partial charge is 0.385 e. The maximum atomic E-state index is 11.3. The summed E-state index contributed by atoms with van der Waals surface area (Å²) >= 11 is 6.04. The van der Waals surface area contributed by atoms with Gasteiger partial charge in [0.2, 0.25) is 5.95 Å². The number of halogens is 1. The molecule has 5 aromatic rings. The molecule has 2 aromatic carbocycles. The lowest BCUT2D eigenvalue weighted by Gasteiger charge is -2.39. The number of aromatic nitrogens is 4. The Hall–Kier alpha value is -4.40. The minimum absolute atomic E-state index is 0.516. The summed E-state index contributed by atoms with van der Waals surface area (Å²) in [4.78, 5) is 11.5. The number of hydrogen-bond acceptors (Lipinski definition) is 7. The summed E-state index contributed by atoms with van der Waals surface area (Å²) in [7, 11) is 0. The van der Waals surface area contributed by atoms with Gasteiger partial charge in [0.05, 0.1) is 23.5 Å². The predicted octanol–water partition coefficient (Wildman–Crippen LogP) is 6.08. The number of benzene rings is 2. The molecule has 9 heteroatoms. The summed E-state index contributed by atoms with van der Waals surface area (Å²) in [6.07, 6.45) is 4.94. The van der Waals surface area contributed by atoms with E-state index in [1.807, 2.05) is 73.1 Å². The van der Waals surface area contributed by atoms with Crippen molar-refractivity contribution in [1.29, 1.82) is 0 Å². The quantitative estimate of drug-likeness (QED) is 0.210. The Bertz CT molecular complexity index is 1670. The van der Waals surface area contributed by atoms with Gasteiger partial charge < -0.3 is 20.6 Å². The monoisotopic (exact) mass is 565 g/mol. The maximum Gasteiger partial charge on any atom is 0.247 e. The van der Waals surface area contributed by atoms with Gasteiger partial charge in [0.25, 0.3) is 0 Å². The van der Waals surface area contributed by atoms with E-state index in [1.165, 1.54) is 5.56 Å². The molecule has 6 rings (SSSR count). The molecule has 8 nitrogen and oxygen atoms in total. The average Bonchev–Trinajstić information content (AvgIpc) is 3.40. The smallest absolute Gasteiger partial charge is 0.247 e. The van der Waals surface area contributed by atoms with Crippen LogP contribution >= 0.6 is 11.6 Å². The first-order valence-corrected chi connectivity index (χ1v) is 14.0. The van der Waals surface area contributed by atoms with Gasteiger partial charge >= 0.3 is 0 Å². The van der Waals surface area contributed by atoms with Gasteiger partial charge in [-0.05, 0) is 85.0 Å². The van der Waals surface area contributed by atoms with Crippen molar-refractivity contribution < 1.29 is 5.11 Å². The minimum Gasteiger partial charge on any atom is -0.385 e. The molecule has 1 aliphatic heterocycles. The lowest BCUT2D eigenvalue weighted by atomic mass is 9.84. The third-order valence-corrected chi connectivity index (χ3v) is 7.85. The van der Waals surface area contributed by atoms with Crippen molar-refractivity contribution in [1.82, 2.24) is 24.9 Å². The van der Waals surface area contributed by atoms with Crippen molar-refractivity contribution in [3.05, 3.63) is 119 Å². The first-order chi connectivity index (χ1) is 19.9. The molecule has 0 saturated carbocycles. The second kappa shape index (κ2) is 11.2. The summed E-state index contributed by atoms with van der Waals surface area (Å²) in [5.74, 6) is 0.516. The number of aryl methyl sites for hydroxylation is 1. The van der Waals surface area contributed by atoms with E-state index in [-0.39, 0.29) is 0 Å². The Kier molecular flexibility index (Phi) is 7.34. The van der Waals surface area contributed by atoms with Gasteiger partial charge in [-0.15, -0.1) is 5.10 Å². The van der Waals surface area contributed by atoms with Gasteiger partial charge in [-0.1, -0.05) is 42.4 Å². The van der Waals surface area contributed by atoms with E-state index >= 15 is 0 Å². The first-order valence-electron chi connectivity index (χ1n) is 13.7. The van der Waals surface area contributed by atoms with Crippen molar-refractivity contribution in [2.45, 2.75) is 31.9 Å². The molecule has 0 amide bonds. The molecule has 41 heavy (non-hydrogen) atoms. The number of rotatable bonds is 8. The van der Waals surface area contributed by atoms with E-state index in [0.29, 0.717) is 43.4 Å². The van der Waals surface area contributed by atoms with Crippen LogP contribution in [-0.4, -0.2) is 37.8 Å². The van der Waals surface area contributed by atoms with Gasteiger partial charge in [0.15, 0.2) is 5.65 Å². The zero-order valence-electron chi connectivity index (χ0n) is 22.9. The van der Waals surface area contributed by atoms with Gasteiger partial charge in [0.1, 0.15) is 0 Å². The van der Waals surface area contributed by atoms with Crippen LogP contribution in [-0.2, 0) is 12.1 Å². The number of fused-ring (bicyclic) bond motifs is 1. The fraction of sp³-hybridized carbons (Fsp3) is 0.219. The van der Waals surface area contributed by atoms with E-state index < -0.39 is 5.60 Å². The van der Waals surface area contributed by atoms with Crippen molar-refractivity contribution in [3.8, 4) is 0 Å². The van der Waals surface area contributed by atoms with Crippen LogP contribution < -0.4 is 15.5 Å². The molecule has 0 atom stereocenters. The van der Waals surface area contributed by atoms with Gasteiger partial charge in [-0.25, -0.2) is 4.52 Å². The number of nitrogens with one attached hydrogen (secondary N) is 2. The normalized spacial score (nSPS) is 14.7. The van der Waals surface area contributed by atoms with E-state index in [4.69, 9.17) is 16.6 Å². The van der Waals surface area contributed by atoms with Gasteiger partial charge in [-0.2, -0.15) is 4.98 Å². The molecule has 0 spiro atoms. The fourth-order valence-electron chi connectivity index (χ4n) is 5.24. The molecule has 208 valence electrons. The molecule has 4 heterocycles. The minimum atomic E-state index is -0.864. The number of pyridine rings is 2. The van der Waals surface area contributed by atoms with Crippen LogP contribution in [0.1, 0.15) is 35.2 Å². The molecule has 0 bridgehead atoms. The highest BCUT2D eigenvalue weighted by atomic mass is 35.5. The molecular formula is C32H32ClN7O. The van der Waals surface area contributed by atoms with Crippen LogP contribution in [0.2, 0.25) is 5.02 Å². The van der Waals surface area contributed by atoms with Crippen LogP contribution in [0, 0.1) is 6.92 Å². The number of hydrogen-bond donors (Lipinski definition) is 3. The highest BCUT2D eigenvalue weighted by Gasteiger charge is 2.34. The molecule has 3 N–H and O–H groups in total. The molecular weight excluding hydrogens is 534 g/mol. The summed E-state index contributed by atoms with van der Waals surface area (Å²) in [6, 6.07) is 23.6. The zero-order valence-corrected chi connectivity index (χ0v) is 23.6. The Morgan fingerprint density at radius 1 is 1.05 bits per heavy atom. The van der Waals surface area contributed by atoms with E-state index in [0.717, 1.165) is 39.5 Å². The molecule has 1 fully saturated rings. The molecule has 3 aromatic heterocycles. The van der Waals surface area contributed by atoms with Crippen molar-refractivity contribution in [2.75, 3.05) is 23.3 Å². The molecule has 1 saturated heterocycles. The highest BCUT2D eigenvalue weighted by molar-refractivity contribution is 6.30. The SMILES string of the molecule is C=C(NCc1cc(C)ccn1)c1ccc(Nc2nc3c(N4CCC(O)(c5ccc(Cl)cc5)CC4)cccn3n2)cc1. The number of aliphatic hydroxyl groups is 1. The predicted molar refractivity (Wildman–Crippen MR) is 164 cm³/mol. The van der Waals surface area contributed by atoms with Crippen molar-refractivity contribution in [2.24, 2.45) is 0 Å². The van der Waals surface area contributed by atoms with E-state index in [9.17, 15) is 5.11 Å². The van der Waals surface area contributed by atoms with E-state index in [2.05, 4.69) is 51.3 Å². The van der Waals surface area contributed by atoms with Gasteiger partial charge in [0, 0.05) is 41.9 Å². The Morgan fingerprint density at radius 2 is 1.80 bits per heavy atom. The Labute approximate surface area is 244 Å². The summed E-state index contributed by atoms with van der Waals surface area (Å²) in [5.41, 5.74) is 6.67. The van der Waals surface area contributed by atoms with Crippen LogP contribution in [0.5, 0.6) is 0 Å². The molecule has 1 aliphatic rings. The average molecular weight is 566 g/mol. The lowest BCUT2D eigenvalue weighted by Crippen LogP contribution is -2.42. The van der Waals surface area contributed by atoms with Crippen LogP contribution in [0.4, 0.5) is 17.3 Å². The first kappa shape index (κ1) is 26.8. The zero-order chi connectivity index (χ0) is 28.4. The van der Waals surface area contributed by atoms with Crippen molar-refractivity contribution in [3.63, 3.8) is 0 Å². The number of piperidine rings is 1. The van der Waals surface area contributed by atoms with Gasteiger partial charge in [-0.3, -0.25) is 4.98 Å². The Morgan fingerprint density at radius 3 is 2.54 bits per heavy atom. The third-order valence-electron chi connectivity index (χ3n) is 7.60. The standard InChI is InChI=1S/C32H32ClN7O/c1-22-13-16-34-28(20-22)21-35-23(2)24-5-11-27(12-6-24)36-31-37-30-29(4-3-17-40(30)38-31)39-18-14-32(41,15-19-39)25-7-9-26(33)10-8-25/h3-13,16-17,20,35,41H,2,14-15,18-19,21H2,1H3,(H,36,38). The molecule has 0 radical (unpaired) electrons. The Balaban J connectivity index is 1.11. The third kappa shape index (κ3) is 5.89. The molecule has 0 aliphatic carbocycles. The topological polar surface area (TPSA) is 90.6 Å². The second-order valence-electron chi connectivity index (χ2n) is 10.5. The second-order valence-corrected chi connectivity index (χ2v) is 10.9. The number of anilines is 3. The van der Waals surface area contributed by atoms with Crippen LogP contribution in [0.15, 0.2) is 91.8 Å². The van der Waals surface area contributed by atoms with Crippen LogP contribution in [0.3, 0.4) is 0 Å². The summed E-state index contributed by atoms with van der Waals surface area (Å²) < 4.78 is 1.79. The fourth-order valence-corrected chi connectivity index (χ4v) is 5.36.